The van der Waals surface area contributed by atoms with E-state index in [0.717, 1.165) is 49.2 Å². The first-order valence-corrected chi connectivity index (χ1v) is 9.62. The number of aryl methyl sites for hydroxylation is 2. The summed E-state index contributed by atoms with van der Waals surface area (Å²) in [5.41, 5.74) is 1.17. The van der Waals surface area contributed by atoms with Crippen LogP contribution in [-0.4, -0.2) is 37.2 Å². The molecule has 0 saturated heterocycles. The van der Waals surface area contributed by atoms with E-state index in [2.05, 4.69) is 47.4 Å². The summed E-state index contributed by atoms with van der Waals surface area (Å²) in [7, 11) is 0. The number of guanidine groups is 1. The van der Waals surface area contributed by atoms with Crippen molar-refractivity contribution in [1.82, 2.24) is 15.6 Å². The molecule has 0 spiro atoms. The Morgan fingerprint density at radius 1 is 1.24 bits per heavy atom. The maximum Gasteiger partial charge on any atom is 0.191 e. The molecule has 0 bridgehead atoms. The molecule has 2 rings (SSSR count). The van der Waals surface area contributed by atoms with Crippen molar-refractivity contribution in [3.05, 3.63) is 45.9 Å². The van der Waals surface area contributed by atoms with Gasteiger partial charge in [0.1, 0.15) is 5.75 Å². The highest BCUT2D eigenvalue weighted by atomic mass is 32.1. The summed E-state index contributed by atoms with van der Waals surface area (Å²) in [6.45, 7) is 9.30. The maximum atomic E-state index is 5.80. The molecular formula is C19H28N4OS. The largest absolute Gasteiger partial charge is 0.493 e. The van der Waals surface area contributed by atoms with Crippen LogP contribution in [0.15, 0.2) is 35.5 Å². The molecule has 2 N–H and O–H groups in total. The van der Waals surface area contributed by atoms with Gasteiger partial charge in [0.05, 0.1) is 11.6 Å². The monoisotopic (exact) mass is 360 g/mol. The van der Waals surface area contributed by atoms with Gasteiger partial charge in [0, 0.05) is 43.5 Å². The van der Waals surface area contributed by atoms with Crippen LogP contribution in [0.25, 0.3) is 0 Å². The highest BCUT2D eigenvalue weighted by Crippen LogP contribution is 2.16. The molecule has 136 valence electrons. The summed E-state index contributed by atoms with van der Waals surface area (Å²) in [4.78, 5) is 10.2. The minimum absolute atomic E-state index is 0.673. The fourth-order valence-electron chi connectivity index (χ4n) is 2.30. The summed E-state index contributed by atoms with van der Waals surface area (Å²) >= 11 is 1.75. The smallest absolute Gasteiger partial charge is 0.191 e. The number of nitrogens with one attached hydrogen (secondary N) is 2. The van der Waals surface area contributed by atoms with Gasteiger partial charge >= 0.3 is 0 Å². The number of nitrogens with zero attached hydrogens (tertiary/aromatic N) is 2. The zero-order valence-electron chi connectivity index (χ0n) is 15.3. The number of ether oxygens (including phenoxy) is 1. The van der Waals surface area contributed by atoms with Gasteiger partial charge in [-0.05, 0) is 32.4 Å². The van der Waals surface area contributed by atoms with Crippen LogP contribution in [0.2, 0.25) is 0 Å². The Bertz CT molecular complexity index is 669. The molecule has 6 heteroatoms. The number of aromatic nitrogens is 1. The first-order valence-electron chi connectivity index (χ1n) is 8.81. The molecule has 0 aliphatic heterocycles. The van der Waals surface area contributed by atoms with Crippen molar-refractivity contribution in [2.75, 3.05) is 26.2 Å². The zero-order valence-corrected chi connectivity index (χ0v) is 16.2. The highest BCUT2D eigenvalue weighted by Gasteiger charge is 2.01. The van der Waals surface area contributed by atoms with Gasteiger partial charge in [-0.2, -0.15) is 0 Å². The lowest BCUT2D eigenvalue weighted by atomic mass is 10.2. The maximum absolute atomic E-state index is 5.80. The normalized spacial score (nSPS) is 11.4. The first kappa shape index (κ1) is 19.2. The molecule has 0 radical (unpaired) electrons. The highest BCUT2D eigenvalue weighted by molar-refractivity contribution is 7.11. The third kappa shape index (κ3) is 7.13. The fourth-order valence-corrected chi connectivity index (χ4v) is 3.09. The number of aliphatic imine (C=N–C) groups is 1. The van der Waals surface area contributed by atoms with Crippen LogP contribution in [0.4, 0.5) is 0 Å². The zero-order chi connectivity index (χ0) is 17.9. The van der Waals surface area contributed by atoms with Gasteiger partial charge in [-0.1, -0.05) is 18.2 Å². The minimum atomic E-state index is 0.673. The van der Waals surface area contributed by atoms with Crippen molar-refractivity contribution in [2.45, 2.75) is 33.6 Å². The summed E-state index contributed by atoms with van der Waals surface area (Å²) in [5.74, 6) is 1.81. The molecule has 0 aliphatic rings. The van der Waals surface area contributed by atoms with Crippen LogP contribution >= 0.6 is 11.3 Å². The predicted molar refractivity (Wildman–Crippen MR) is 106 cm³/mol. The Hall–Kier alpha value is -2.08. The molecule has 1 aromatic carbocycles. The quantitative estimate of drug-likeness (QED) is 0.409. The van der Waals surface area contributed by atoms with Crippen molar-refractivity contribution < 1.29 is 4.74 Å². The van der Waals surface area contributed by atoms with Crippen LogP contribution in [0.5, 0.6) is 5.75 Å². The van der Waals surface area contributed by atoms with Crippen LogP contribution in [0.1, 0.15) is 28.8 Å². The summed E-state index contributed by atoms with van der Waals surface area (Å²) in [5, 5.41) is 7.79. The van der Waals surface area contributed by atoms with Crippen molar-refractivity contribution in [1.29, 1.82) is 0 Å². The standard InChI is InChI=1S/C19H28N4OS/c1-4-20-19(22-12-10-18-23-14-16(3)25-18)21-11-7-13-24-17-9-6-5-8-15(17)2/h5-6,8-9,14H,4,7,10-13H2,1-3H3,(H2,20,21,22). The van der Waals surface area contributed by atoms with Crippen LogP contribution < -0.4 is 15.4 Å². The molecule has 0 saturated carbocycles. The van der Waals surface area contributed by atoms with E-state index in [1.807, 2.05) is 24.4 Å². The lowest BCUT2D eigenvalue weighted by Gasteiger charge is -2.11. The van der Waals surface area contributed by atoms with Crippen molar-refractivity contribution in [3.8, 4) is 5.75 Å². The second-order valence-corrected chi connectivity index (χ2v) is 7.09. The van der Waals surface area contributed by atoms with Crippen LogP contribution in [-0.2, 0) is 6.42 Å². The van der Waals surface area contributed by atoms with Gasteiger partial charge < -0.3 is 15.4 Å². The minimum Gasteiger partial charge on any atom is -0.493 e. The summed E-state index contributed by atoms with van der Waals surface area (Å²) < 4.78 is 5.80. The van der Waals surface area contributed by atoms with E-state index >= 15 is 0 Å². The molecule has 5 nitrogen and oxygen atoms in total. The molecule has 0 aliphatic carbocycles. The molecule has 0 atom stereocenters. The summed E-state index contributed by atoms with van der Waals surface area (Å²) in [6, 6.07) is 8.08. The molecule has 0 amide bonds. The van der Waals surface area contributed by atoms with E-state index in [9.17, 15) is 0 Å². The van der Waals surface area contributed by atoms with Crippen LogP contribution in [0.3, 0.4) is 0 Å². The average molecular weight is 361 g/mol. The van der Waals surface area contributed by atoms with Crippen LogP contribution in [0, 0.1) is 13.8 Å². The number of para-hydroxylation sites is 1. The summed E-state index contributed by atoms with van der Waals surface area (Å²) in [6.07, 6.45) is 3.73. The number of rotatable bonds is 9. The number of hydrogen-bond acceptors (Lipinski definition) is 4. The number of thiazole rings is 1. The molecule has 2 aromatic rings. The van der Waals surface area contributed by atoms with Gasteiger partial charge in [-0.3, -0.25) is 4.99 Å². The first-order chi connectivity index (χ1) is 12.2. The number of hydrogen-bond donors (Lipinski definition) is 2. The van der Waals surface area contributed by atoms with Crippen molar-refractivity contribution >= 4 is 17.3 Å². The lowest BCUT2D eigenvalue weighted by molar-refractivity contribution is 0.311. The third-order valence-electron chi connectivity index (χ3n) is 3.57. The SMILES string of the molecule is CCNC(=NCCCOc1ccccc1C)NCCc1ncc(C)s1. The Morgan fingerprint density at radius 2 is 2.08 bits per heavy atom. The average Bonchev–Trinajstić information content (AvgIpc) is 3.01. The number of benzene rings is 1. The Balaban J connectivity index is 1.68. The van der Waals surface area contributed by atoms with E-state index < -0.39 is 0 Å². The molecule has 0 fully saturated rings. The second-order valence-electron chi connectivity index (χ2n) is 5.77. The topological polar surface area (TPSA) is 58.5 Å². The third-order valence-corrected chi connectivity index (χ3v) is 4.54. The predicted octanol–water partition coefficient (Wildman–Crippen LogP) is 3.33. The molecule has 1 heterocycles. The Morgan fingerprint density at radius 3 is 2.80 bits per heavy atom. The van der Waals surface area contributed by atoms with E-state index in [-0.39, 0.29) is 0 Å². The van der Waals surface area contributed by atoms with E-state index in [4.69, 9.17) is 4.74 Å². The Kier molecular flexibility index (Phi) is 8.25. The van der Waals surface area contributed by atoms with Gasteiger partial charge in [0.25, 0.3) is 0 Å². The Labute approximate surface area is 154 Å². The van der Waals surface area contributed by atoms with E-state index in [1.54, 1.807) is 11.3 Å². The molecular weight excluding hydrogens is 332 g/mol. The van der Waals surface area contributed by atoms with Gasteiger partial charge in [-0.25, -0.2) is 4.98 Å². The van der Waals surface area contributed by atoms with Gasteiger partial charge in [0.15, 0.2) is 5.96 Å². The fraction of sp³-hybridized carbons (Fsp3) is 0.474. The van der Waals surface area contributed by atoms with Crippen molar-refractivity contribution in [3.63, 3.8) is 0 Å². The van der Waals surface area contributed by atoms with E-state index in [0.29, 0.717) is 6.61 Å². The van der Waals surface area contributed by atoms with Gasteiger partial charge in [-0.15, -0.1) is 11.3 Å². The lowest BCUT2D eigenvalue weighted by Crippen LogP contribution is -2.38. The molecule has 25 heavy (non-hydrogen) atoms. The van der Waals surface area contributed by atoms with Gasteiger partial charge in [0.2, 0.25) is 0 Å². The van der Waals surface area contributed by atoms with Crippen molar-refractivity contribution in [2.24, 2.45) is 4.99 Å². The molecule has 1 aromatic heterocycles. The second kappa shape index (κ2) is 10.7. The molecule has 0 unspecified atom stereocenters. The van der Waals surface area contributed by atoms with E-state index in [1.165, 1.54) is 10.4 Å².